The fraction of sp³-hybridized carbons (Fsp3) is 0.167. The topological polar surface area (TPSA) is 106 Å². The first-order valence-electron chi connectivity index (χ1n) is 7.99. The summed E-state index contributed by atoms with van der Waals surface area (Å²) >= 11 is 0. The van der Waals surface area contributed by atoms with E-state index in [9.17, 15) is 18.8 Å². The van der Waals surface area contributed by atoms with Crippen molar-refractivity contribution in [1.29, 1.82) is 0 Å². The van der Waals surface area contributed by atoms with Gasteiger partial charge in [-0.05, 0) is 55.5 Å². The SMILES string of the molecule is CCOC(=O)Nc1ccc(C(=O)NNC(=O)COc2ccc(F)cc2)cc1. The average Bonchev–Trinajstić information content (AvgIpc) is 2.66. The van der Waals surface area contributed by atoms with E-state index in [-0.39, 0.29) is 18.8 Å². The summed E-state index contributed by atoms with van der Waals surface area (Å²) in [5, 5.41) is 2.49. The molecule has 2 aromatic carbocycles. The Hall–Kier alpha value is -3.62. The van der Waals surface area contributed by atoms with Gasteiger partial charge in [0.15, 0.2) is 6.61 Å². The molecule has 0 aliphatic heterocycles. The molecule has 0 radical (unpaired) electrons. The lowest BCUT2D eigenvalue weighted by atomic mass is 10.2. The molecule has 0 saturated heterocycles. The van der Waals surface area contributed by atoms with E-state index in [1.54, 1.807) is 6.92 Å². The Morgan fingerprint density at radius 3 is 2.26 bits per heavy atom. The summed E-state index contributed by atoms with van der Waals surface area (Å²) in [5.74, 6) is -1.23. The predicted molar refractivity (Wildman–Crippen MR) is 94.6 cm³/mol. The van der Waals surface area contributed by atoms with Crippen LogP contribution in [0.1, 0.15) is 17.3 Å². The molecule has 27 heavy (non-hydrogen) atoms. The van der Waals surface area contributed by atoms with E-state index in [4.69, 9.17) is 9.47 Å². The van der Waals surface area contributed by atoms with Crippen molar-refractivity contribution in [3.63, 3.8) is 0 Å². The molecular formula is C18H18FN3O5. The third-order valence-electron chi connectivity index (χ3n) is 3.17. The number of amides is 3. The largest absolute Gasteiger partial charge is 0.484 e. The Morgan fingerprint density at radius 1 is 0.963 bits per heavy atom. The highest BCUT2D eigenvalue weighted by Crippen LogP contribution is 2.11. The van der Waals surface area contributed by atoms with Crippen LogP contribution in [0.4, 0.5) is 14.9 Å². The van der Waals surface area contributed by atoms with Crippen molar-refractivity contribution in [2.75, 3.05) is 18.5 Å². The minimum Gasteiger partial charge on any atom is -0.484 e. The van der Waals surface area contributed by atoms with Gasteiger partial charge in [0.1, 0.15) is 11.6 Å². The van der Waals surface area contributed by atoms with Crippen molar-refractivity contribution in [1.82, 2.24) is 10.9 Å². The molecular weight excluding hydrogens is 357 g/mol. The highest BCUT2D eigenvalue weighted by Gasteiger charge is 2.09. The summed E-state index contributed by atoms with van der Waals surface area (Å²) in [7, 11) is 0. The summed E-state index contributed by atoms with van der Waals surface area (Å²) in [4.78, 5) is 34.9. The molecule has 3 amide bonds. The van der Waals surface area contributed by atoms with Crippen LogP contribution in [0.15, 0.2) is 48.5 Å². The van der Waals surface area contributed by atoms with Crippen LogP contribution in [0, 0.1) is 5.82 Å². The van der Waals surface area contributed by atoms with Gasteiger partial charge in [-0.15, -0.1) is 0 Å². The van der Waals surface area contributed by atoms with Gasteiger partial charge in [0.2, 0.25) is 0 Å². The van der Waals surface area contributed by atoms with Gasteiger partial charge in [0, 0.05) is 11.3 Å². The molecule has 0 heterocycles. The summed E-state index contributed by atoms with van der Waals surface area (Å²) in [6.07, 6.45) is -0.594. The van der Waals surface area contributed by atoms with E-state index in [2.05, 4.69) is 16.2 Å². The Labute approximate surface area is 154 Å². The number of anilines is 1. The third kappa shape index (κ3) is 6.65. The van der Waals surface area contributed by atoms with Crippen LogP contribution in [-0.2, 0) is 9.53 Å². The zero-order chi connectivity index (χ0) is 19.6. The van der Waals surface area contributed by atoms with E-state index in [0.717, 1.165) is 0 Å². The molecule has 0 saturated carbocycles. The van der Waals surface area contributed by atoms with Crippen LogP contribution in [0.25, 0.3) is 0 Å². The fourth-order valence-electron chi connectivity index (χ4n) is 1.90. The fourth-order valence-corrected chi connectivity index (χ4v) is 1.90. The van der Waals surface area contributed by atoms with Gasteiger partial charge in [-0.25, -0.2) is 9.18 Å². The van der Waals surface area contributed by atoms with Crippen LogP contribution in [0.2, 0.25) is 0 Å². The molecule has 2 rings (SSSR count). The smallest absolute Gasteiger partial charge is 0.411 e. The molecule has 0 aliphatic rings. The van der Waals surface area contributed by atoms with E-state index < -0.39 is 23.7 Å². The molecule has 0 bridgehead atoms. The molecule has 0 atom stereocenters. The van der Waals surface area contributed by atoms with Gasteiger partial charge in [-0.1, -0.05) is 0 Å². The number of hydrogen-bond acceptors (Lipinski definition) is 5. The lowest BCUT2D eigenvalue weighted by molar-refractivity contribution is -0.123. The number of hydrogen-bond donors (Lipinski definition) is 3. The van der Waals surface area contributed by atoms with Crippen molar-refractivity contribution in [2.45, 2.75) is 6.92 Å². The van der Waals surface area contributed by atoms with Crippen LogP contribution in [0.3, 0.4) is 0 Å². The number of hydrazine groups is 1. The molecule has 0 aromatic heterocycles. The van der Waals surface area contributed by atoms with E-state index in [0.29, 0.717) is 11.4 Å². The number of nitrogens with one attached hydrogen (secondary N) is 3. The molecule has 9 heteroatoms. The van der Waals surface area contributed by atoms with Crippen molar-refractivity contribution < 1.29 is 28.2 Å². The van der Waals surface area contributed by atoms with Gasteiger partial charge >= 0.3 is 6.09 Å². The highest BCUT2D eigenvalue weighted by molar-refractivity contribution is 5.96. The first kappa shape index (κ1) is 19.7. The molecule has 0 aliphatic carbocycles. The second-order valence-corrected chi connectivity index (χ2v) is 5.17. The molecule has 8 nitrogen and oxygen atoms in total. The van der Waals surface area contributed by atoms with E-state index in [1.807, 2.05) is 0 Å². The summed E-state index contributed by atoms with van der Waals surface area (Å²) in [5.41, 5.74) is 5.16. The summed E-state index contributed by atoms with van der Waals surface area (Å²) < 4.78 is 22.7. The van der Waals surface area contributed by atoms with Crippen molar-refractivity contribution in [2.24, 2.45) is 0 Å². The number of carbonyl (C=O) groups is 3. The first-order chi connectivity index (χ1) is 13.0. The van der Waals surface area contributed by atoms with Crippen molar-refractivity contribution in [3.8, 4) is 5.75 Å². The van der Waals surface area contributed by atoms with Crippen LogP contribution in [-0.4, -0.2) is 31.1 Å². The number of rotatable bonds is 6. The zero-order valence-corrected chi connectivity index (χ0v) is 14.5. The van der Waals surface area contributed by atoms with Gasteiger partial charge < -0.3 is 9.47 Å². The summed E-state index contributed by atoms with van der Waals surface area (Å²) in [6.45, 7) is 1.58. The van der Waals surface area contributed by atoms with Crippen LogP contribution in [0.5, 0.6) is 5.75 Å². The Bertz CT molecular complexity index is 794. The van der Waals surface area contributed by atoms with Crippen molar-refractivity contribution >= 4 is 23.6 Å². The van der Waals surface area contributed by atoms with E-state index in [1.165, 1.54) is 48.5 Å². The maximum atomic E-state index is 12.8. The molecule has 0 fully saturated rings. The zero-order valence-electron chi connectivity index (χ0n) is 14.5. The summed E-state index contributed by atoms with van der Waals surface area (Å²) in [6, 6.07) is 11.2. The van der Waals surface area contributed by atoms with Gasteiger partial charge in [0.05, 0.1) is 6.61 Å². The molecule has 3 N–H and O–H groups in total. The number of ether oxygens (including phenoxy) is 2. The molecule has 0 unspecified atom stereocenters. The number of halogens is 1. The molecule has 2 aromatic rings. The first-order valence-corrected chi connectivity index (χ1v) is 7.99. The Kier molecular flexibility index (Phi) is 7.12. The quantitative estimate of drug-likeness (QED) is 0.672. The predicted octanol–water partition coefficient (Wildman–Crippen LogP) is 2.23. The standard InChI is InChI=1S/C18H18FN3O5/c1-2-26-18(25)20-14-7-3-12(4-8-14)17(24)22-21-16(23)11-27-15-9-5-13(19)6-10-15/h3-10H,2,11H2,1H3,(H,20,25)(H,21,23)(H,22,24). The van der Waals surface area contributed by atoms with Crippen LogP contribution >= 0.6 is 0 Å². The normalized spacial score (nSPS) is 9.85. The number of carbonyl (C=O) groups excluding carboxylic acids is 3. The second-order valence-electron chi connectivity index (χ2n) is 5.17. The van der Waals surface area contributed by atoms with Gasteiger partial charge in [-0.2, -0.15) is 0 Å². The van der Waals surface area contributed by atoms with Gasteiger partial charge in [-0.3, -0.25) is 25.8 Å². The minimum absolute atomic E-state index is 0.247. The minimum atomic E-state index is -0.594. The second kappa shape index (κ2) is 9.76. The lowest BCUT2D eigenvalue weighted by Crippen LogP contribution is -2.43. The Balaban J connectivity index is 1.76. The Morgan fingerprint density at radius 2 is 1.63 bits per heavy atom. The number of benzene rings is 2. The molecule has 0 spiro atoms. The van der Waals surface area contributed by atoms with Crippen LogP contribution < -0.4 is 20.9 Å². The molecule has 142 valence electrons. The van der Waals surface area contributed by atoms with Crippen molar-refractivity contribution in [3.05, 3.63) is 59.9 Å². The monoisotopic (exact) mass is 375 g/mol. The maximum absolute atomic E-state index is 12.8. The maximum Gasteiger partial charge on any atom is 0.411 e. The lowest BCUT2D eigenvalue weighted by Gasteiger charge is -2.09. The third-order valence-corrected chi connectivity index (χ3v) is 3.17. The van der Waals surface area contributed by atoms with Gasteiger partial charge in [0.25, 0.3) is 11.8 Å². The highest BCUT2D eigenvalue weighted by atomic mass is 19.1. The average molecular weight is 375 g/mol. The van der Waals surface area contributed by atoms with E-state index >= 15 is 0 Å².